The summed E-state index contributed by atoms with van der Waals surface area (Å²) in [6.07, 6.45) is 4.54. The van der Waals surface area contributed by atoms with Crippen LogP contribution in [0.1, 0.15) is 37.0 Å². The molecule has 0 saturated heterocycles. The molecule has 0 radical (unpaired) electrons. The number of nitrogens with two attached hydrogens (primary N) is 1. The van der Waals surface area contributed by atoms with Crippen molar-refractivity contribution in [2.45, 2.75) is 45.1 Å². The van der Waals surface area contributed by atoms with Crippen molar-refractivity contribution in [2.24, 2.45) is 5.73 Å². The molecular weight excluding hydrogens is 206 g/mol. The third-order valence-corrected chi connectivity index (χ3v) is 3.14. The minimum Gasteiger partial charge on any atom is -0.325 e. The summed E-state index contributed by atoms with van der Waals surface area (Å²) in [5.41, 5.74) is 10.2. The first kappa shape index (κ1) is 11.0. The predicted octanol–water partition coefficient (Wildman–Crippen LogP) is 3.11. The van der Waals surface area contributed by atoms with Crippen molar-refractivity contribution in [3.8, 4) is 0 Å². The molecule has 0 amide bonds. The maximum Gasteiger partial charge on any atom is 0.0411 e. The molecular formula is C13H18ClN. The molecule has 1 aromatic rings. The molecule has 0 heterocycles. The standard InChI is InChI=1S/C13H18ClN/c1-13(2,15)8-10-7-11(14)6-9-4-3-5-12(9)10/h6-7H,3-5,8,15H2,1-2H3. The van der Waals surface area contributed by atoms with Crippen molar-refractivity contribution in [2.75, 3.05) is 0 Å². The Kier molecular flexibility index (Phi) is 2.78. The summed E-state index contributed by atoms with van der Waals surface area (Å²) < 4.78 is 0. The van der Waals surface area contributed by atoms with E-state index >= 15 is 0 Å². The first-order valence-corrected chi connectivity index (χ1v) is 5.92. The third-order valence-electron chi connectivity index (χ3n) is 2.92. The van der Waals surface area contributed by atoms with Gasteiger partial charge in [-0.1, -0.05) is 11.6 Å². The summed E-state index contributed by atoms with van der Waals surface area (Å²) in [4.78, 5) is 0. The number of halogens is 1. The number of aryl methyl sites for hydroxylation is 1. The van der Waals surface area contributed by atoms with Crippen molar-refractivity contribution in [1.29, 1.82) is 0 Å². The molecule has 0 saturated carbocycles. The summed E-state index contributed by atoms with van der Waals surface area (Å²) in [5.74, 6) is 0. The van der Waals surface area contributed by atoms with Gasteiger partial charge in [-0.25, -0.2) is 0 Å². The Morgan fingerprint density at radius 2 is 2.07 bits per heavy atom. The zero-order chi connectivity index (χ0) is 11.1. The summed E-state index contributed by atoms with van der Waals surface area (Å²) in [7, 11) is 0. The van der Waals surface area contributed by atoms with Crippen LogP contribution in [0.3, 0.4) is 0 Å². The van der Waals surface area contributed by atoms with Crippen LogP contribution in [0.25, 0.3) is 0 Å². The van der Waals surface area contributed by atoms with E-state index in [1.54, 1.807) is 0 Å². The highest BCUT2D eigenvalue weighted by atomic mass is 35.5. The van der Waals surface area contributed by atoms with Gasteiger partial charge in [-0.15, -0.1) is 0 Å². The minimum atomic E-state index is -0.152. The van der Waals surface area contributed by atoms with Gasteiger partial charge < -0.3 is 5.73 Å². The molecule has 0 bridgehead atoms. The van der Waals surface area contributed by atoms with Gasteiger partial charge in [0, 0.05) is 10.6 Å². The van der Waals surface area contributed by atoms with Gasteiger partial charge in [0.1, 0.15) is 0 Å². The summed E-state index contributed by atoms with van der Waals surface area (Å²) in [6, 6.07) is 4.19. The van der Waals surface area contributed by atoms with Crippen molar-refractivity contribution in [3.05, 3.63) is 33.8 Å². The number of rotatable bonds is 2. The third kappa shape index (κ3) is 2.53. The zero-order valence-corrected chi connectivity index (χ0v) is 10.2. The van der Waals surface area contributed by atoms with Gasteiger partial charge in [-0.2, -0.15) is 0 Å². The van der Waals surface area contributed by atoms with Gasteiger partial charge in [0.2, 0.25) is 0 Å². The molecule has 0 spiro atoms. The molecule has 0 atom stereocenters. The smallest absolute Gasteiger partial charge is 0.0411 e. The van der Waals surface area contributed by atoms with Crippen LogP contribution >= 0.6 is 11.6 Å². The minimum absolute atomic E-state index is 0.152. The number of hydrogen-bond acceptors (Lipinski definition) is 1. The Labute approximate surface area is 96.6 Å². The summed E-state index contributed by atoms with van der Waals surface area (Å²) >= 11 is 6.12. The van der Waals surface area contributed by atoms with Crippen LogP contribution in [0.15, 0.2) is 12.1 Å². The van der Waals surface area contributed by atoms with E-state index in [-0.39, 0.29) is 5.54 Å². The van der Waals surface area contributed by atoms with Gasteiger partial charge in [-0.05, 0) is 68.4 Å². The fourth-order valence-corrected chi connectivity index (χ4v) is 2.67. The fraction of sp³-hybridized carbons (Fsp3) is 0.538. The molecule has 2 N–H and O–H groups in total. The van der Waals surface area contributed by atoms with Crippen LogP contribution in [-0.2, 0) is 19.3 Å². The van der Waals surface area contributed by atoms with E-state index in [1.165, 1.54) is 36.0 Å². The monoisotopic (exact) mass is 223 g/mol. The first-order chi connectivity index (χ1) is 6.96. The van der Waals surface area contributed by atoms with E-state index in [1.807, 2.05) is 0 Å². The molecule has 1 aliphatic rings. The molecule has 0 aliphatic heterocycles. The van der Waals surface area contributed by atoms with Crippen molar-refractivity contribution < 1.29 is 0 Å². The Bertz CT molecular complexity index is 377. The van der Waals surface area contributed by atoms with Gasteiger partial charge >= 0.3 is 0 Å². The summed E-state index contributed by atoms with van der Waals surface area (Å²) in [5, 5.41) is 0.856. The zero-order valence-electron chi connectivity index (χ0n) is 9.44. The Morgan fingerprint density at radius 1 is 1.33 bits per heavy atom. The van der Waals surface area contributed by atoms with E-state index in [2.05, 4.69) is 26.0 Å². The van der Waals surface area contributed by atoms with Crippen molar-refractivity contribution >= 4 is 11.6 Å². The number of fused-ring (bicyclic) bond motifs is 1. The maximum absolute atomic E-state index is 6.12. The molecule has 82 valence electrons. The number of hydrogen-bond donors (Lipinski definition) is 1. The Morgan fingerprint density at radius 3 is 2.73 bits per heavy atom. The normalized spacial score (nSPS) is 15.5. The highest BCUT2D eigenvalue weighted by molar-refractivity contribution is 6.30. The molecule has 0 unspecified atom stereocenters. The number of benzene rings is 1. The van der Waals surface area contributed by atoms with E-state index in [0.29, 0.717) is 0 Å². The molecule has 0 aromatic heterocycles. The van der Waals surface area contributed by atoms with E-state index in [9.17, 15) is 0 Å². The van der Waals surface area contributed by atoms with Crippen LogP contribution in [0.2, 0.25) is 5.02 Å². The SMILES string of the molecule is CC(C)(N)Cc1cc(Cl)cc2c1CCC2. The molecule has 2 rings (SSSR count). The lowest BCUT2D eigenvalue weighted by Gasteiger charge is -2.20. The lowest BCUT2D eigenvalue weighted by molar-refractivity contribution is 0.515. The molecule has 1 nitrogen and oxygen atoms in total. The molecule has 1 aromatic carbocycles. The molecule has 0 fully saturated rings. The average molecular weight is 224 g/mol. The molecule has 15 heavy (non-hydrogen) atoms. The van der Waals surface area contributed by atoms with E-state index in [0.717, 1.165) is 11.4 Å². The van der Waals surface area contributed by atoms with Gasteiger partial charge in [0.05, 0.1) is 0 Å². The lowest BCUT2D eigenvalue weighted by atomic mass is 9.91. The Balaban J connectivity index is 2.39. The van der Waals surface area contributed by atoms with E-state index in [4.69, 9.17) is 17.3 Å². The second-order valence-corrected chi connectivity index (χ2v) is 5.66. The van der Waals surface area contributed by atoms with E-state index < -0.39 is 0 Å². The summed E-state index contributed by atoms with van der Waals surface area (Å²) in [6.45, 7) is 4.13. The Hall–Kier alpha value is -0.530. The topological polar surface area (TPSA) is 26.0 Å². The van der Waals surface area contributed by atoms with Crippen LogP contribution in [-0.4, -0.2) is 5.54 Å². The van der Waals surface area contributed by atoms with Gasteiger partial charge in [-0.3, -0.25) is 0 Å². The lowest BCUT2D eigenvalue weighted by Crippen LogP contribution is -2.34. The highest BCUT2D eigenvalue weighted by Crippen LogP contribution is 2.30. The van der Waals surface area contributed by atoms with Crippen molar-refractivity contribution in [3.63, 3.8) is 0 Å². The second kappa shape index (κ2) is 3.80. The molecule has 2 heteroatoms. The van der Waals surface area contributed by atoms with Crippen LogP contribution in [0, 0.1) is 0 Å². The van der Waals surface area contributed by atoms with Crippen molar-refractivity contribution in [1.82, 2.24) is 0 Å². The first-order valence-electron chi connectivity index (χ1n) is 5.55. The van der Waals surface area contributed by atoms with Crippen LogP contribution in [0.4, 0.5) is 0 Å². The predicted molar refractivity (Wildman–Crippen MR) is 65.4 cm³/mol. The second-order valence-electron chi connectivity index (χ2n) is 5.22. The van der Waals surface area contributed by atoms with Gasteiger partial charge in [0.25, 0.3) is 0 Å². The average Bonchev–Trinajstić information content (AvgIpc) is 2.48. The molecule has 1 aliphatic carbocycles. The largest absolute Gasteiger partial charge is 0.325 e. The fourth-order valence-electron chi connectivity index (χ4n) is 2.40. The quantitative estimate of drug-likeness (QED) is 0.819. The highest BCUT2D eigenvalue weighted by Gasteiger charge is 2.20. The van der Waals surface area contributed by atoms with Crippen LogP contribution in [0.5, 0.6) is 0 Å². The van der Waals surface area contributed by atoms with Crippen LogP contribution < -0.4 is 5.73 Å². The maximum atomic E-state index is 6.12. The van der Waals surface area contributed by atoms with Gasteiger partial charge in [0.15, 0.2) is 0 Å².